The van der Waals surface area contributed by atoms with Crippen LogP contribution in [0.4, 0.5) is 5.13 Å². The van der Waals surface area contributed by atoms with Crippen LogP contribution < -0.4 is 5.32 Å². The Morgan fingerprint density at radius 2 is 1.57 bits per heavy atom. The summed E-state index contributed by atoms with van der Waals surface area (Å²) >= 11 is 1.43. The van der Waals surface area contributed by atoms with E-state index < -0.39 is 0 Å². The first kappa shape index (κ1) is 22.9. The second-order valence-electron chi connectivity index (χ2n) is 8.89. The molecule has 35 heavy (non-hydrogen) atoms. The van der Waals surface area contributed by atoms with Crippen LogP contribution >= 0.6 is 11.3 Å². The number of aryl methyl sites for hydroxylation is 1. The number of benzene rings is 3. The van der Waals surface area contributed by atoms with Crippen LogP contribution in [-0.4, -0.2) is 15.9 Å². The van der Waals surface area contributed by atoms with Crippen LogP contribution in [-0.2, 0) is 6.42 Å². The molecule has 3 aromatic carbocycles. The van der Waals surface area contributed by atoms with Gasteiger partial charge in [-0.15, -0.1) is 11.3 Å². The summed E-state index contributed by atoms with van der Waals surface area (Å²) in [6, 6.07) is 26.4. The summed E-state index contributed by atoms with van der Waals surface area (Å²) in [6.07, 6.45) is 0.983. The molecule has 0 atom stereocenters. The Balaban J connectivity index is 1.44. The van der Waals surface area contributed by atoms with Gasteiger partial charge in [0.25, 0.3) is 5.91 Å². The van der Waals surface area contributed by atoms with Gasteiger partial charge in [0.15, 0.2) is 5.13 Å². The van der Waals surface area contributed by atoms with E-state index in [2.05, 4.69) is 79.6 Å². The largest absolute Gasteiger partial charge is 0.298 e. The molecule has 0 fully saturated rings. The second kappa shape index (κ2) is 9.80. The van der Waals surface area contributed by atoms with Gasteiger partial charge in [-0.05, 0) is 35.6 Å². The van der Waals surface area contributed by atoms with Crippen molar-refractivity contribution in [3.8, 4) is 22.5 Å². The third kappa shape index (κ3) is 4.86. The molecule has 2 aromatic heterocycles. The first-order valence-electron chi connectivity index (χ1n) is 11.9. The molecule has 0 spiro atoms. The summed E-state index contributed by atoms with van der Waals surface area (Å²) in [6.45, 7) is 6.50. The molecule has 0 aliphatic heterocycles. The van der Waals surface area contributed by atoms with Gasteiger partial charge in [-0.2, -0.15) is 0 Å². The van der Waals surface area contributed by atoms with E-state index in [1.165, 1.54) is 22.5 Å². The molecule has 174 valence electrons. The van der Waals surface area contributed by atoms with Gasteiger partial charge in [0.1, 0.15) is 0 Å². The zero-order valence-electron chi connectivity index (χ0n) is 20.1. The van der Waals surface area contributed by atoms with Crippen molar-refractivity contribution in [2.24, 2.45) is 0 Å². The predicted octanol–water partition coefficient (Wildman–Crippen LogP) is 7.96. The molecule has 0 saturated heterocycles. The molecule has 0 radical (unpaired) electrons. The number of hydrogen-bond donors (Lipinski definition) is 1. The number of carbonyl (C=O) groups is 1. The molecule has 4 nitrogen and oxygen atoms in total. The monoisotopic (exact) mass is 477 g/mol. The van der Waals surface area contributed by atoms with Crippen molar-refractivity contribution in [3.05, 3.63) is 101 Å². The summed E-state index contributed by atoms with van der Waals surface area (Å²) in [4.78, 5) is 22.9. The van der Waals surface area contributed by atoms with Crippen LogP contribution in [0.3, 0.4) is 0 Å². The van der Waals surface area contributed by atoms with Crippen LogP contribution in [0.5, 0.6) is 0 Å². The standard InChI is InChI=1S/C30H27N3OS/c1-4-20-9-11-22(12-10-20)27-17-25(24-7-5-6-8-26(24)31-27)29(34)33-30-32-28(18-35-30)23-15-13-21(14-16-23)19(2)3/h5-19H,4H2,1-3H3,(H,32,33,34). The lowest BCUT2D eigenvalue weighted by Gasteiger charge is -2.10. The summed E-state index contributed by atoms with van der Waals surface area (Å²) in [5, 5.41) is 6.38. The summed E-state index contributed by atoms with van der Waals surface area (Å²) in [5.41, 5.74) is 7.61. The Kier molecular flexibility index (Phi) is 6.43. The summed E-state index contributed by atoms with van der Waals surface area (Å²) in [7, 11) is 0. The number of hydrogen-bond acceptors (Lipinski definition) is 4. The molecule has 2 heterocycles. The Hall–Kier alpha value is -3.83. The fraction of sp³-hybridized carbons (Fsp3) is 0.167. The molecule has 0 aliphatic carbocycles. The van der Waals surface area contributed by atoms with Gasteiger partial charge in [-0.1, -0.05) is 87.5 Å². The summed E-state index contributed by atoms with van der Waals surface area (Å²) in [5.74, 6) is 0.296. The van der Waals surface area contributed by atoms with Gasteiger partial charge in [0.05, 0.1) is 22.5 Å². The van der Waals surface area contributed by atoms with Gasteiger partial charge in [0.2, 0.25) is 0 Å². The van der Waals surface area contributed by atoms with E-state index in [1.807, 2.05) is 35.7 Å². The van der Waals surface area contributed by atoms with Crippen LogP contribution in [0.25, 0.3) is 33.4 Å². The van der Waals surface area contributed by atoms with Crippen molar-refractivity contribution < 1.29 is 4.79 Å². The maximum atomic E-state index is 13.4. The van der Waals surface area contributed by atoms with E-state index >= 15 is 0 Å². The highest BCUT2D eigenvalue weighted by Gasteiger charge is 2.16. The van der Waals surface area contributed by atoms with Crippen LogP contribution in [0, 0.1) is 0 Å². The zero-order chi connectivity index (χ0) is 24.4. The van der Waals surface area contributed by atoms with Crippen LogP contribution in [0.15, 0.2) is 84.2 Å². The number of carbonyl (C=O) groups excluding carboxylic acids is 1. The van der Waals surface area contributed by atoms with Crippen LogP contribution in [0.2, 0.25) is 0 Å². The zero-order valence-corrected chi connectivity index (χ0v) is 20.9. The Labute approximate surface area is 209 Å². The minimum absolute atomic E-state index is 0.189. The van der Waals surface area contributed by atoms with Gasteiger partial charge < -0.3 is 0 Å². The van der Waals surface area contributed by atoms with E-state index in [9.17, 15) is 4.79 Å². The molecular formula is C30H27N3OS. The fourth-order valence-corrected chi connectivity index (χ4v) is 4.80. The highest BCUT2D eigenvalue weighted by atomic mass is 32.1. The number of thiazole rings is 1. The van der Waals surface area contributed by atoms with Crippen molar-refractivity contribution in [3.63, 3.8) is 0 Å². The molecule has 0 unspecified atom stereocenters. The molecule has 0 saturated carbocycles. The van der Waals surface area contributed by atoms with Crippen LogP contribution in [0.1, 0.15) is 48.2 Å². The van der Waals surface area contributed by atoms with Crippen molar-refractivity contribution in [1.82, 2.24) is 9.97 Å². The van der Waals surface area contributed by atoms with Crippen molar-refractivity contribution in [2.45, 2.75) is 33.1 Å². The number of para-hydroxylation sites is 1. The molecule has 1 N–H and O–H groups in total. The third-order valence-corrected chi connectivity index (χ3v) is 6.97. The number of anilines is 1. The van der Waals surface area contributed by atoms with E-state index in [1.54, 1.807) is 0 Å². The number of nitrogens with one attached hydrogen (secondary N) is 1. The molecule has 0 aliphatic rings. The smallest absolute Gasteiger partial charge is 0.258 e. The molecule has 0 bridgehead atoms. The average Bonchev–Trinajstić information content (AvgIpc) is 3.36. The van der Waals surface area contributed by atoms with E-state index in [-0.39, 0.29) is 5.91 Å². The average molecular weight is 478 g/mol. The van der Waals surface area contributed by atoms with Gasteiger partial charge in [-0.25, -0.2) is 9.97 Å². The number of aromatic nitrogens is 2. The predicted molar refractivity (Wildman–Crippen MR) is 146 cm³/mol. The second-order valence-corrected chi connectivity index (χ2v) is 9.75. The van der Waals surface area contributed by atoms with Crippen molar-refractivity contribution in [1.29, 1.82) is 0 Å². The van der Waals surface area contributed by atoms with E-state index in [0.717, 1.165) is 39.8 Å². The Morgan fingerprint density at radius 1 is 0.886 bits per heavy atom. The molecular weight excluding hydrogens is 450 g/mol. The topological polar surface area (TPSA) is 54.9 Å². The maximum Gasteiger partial charge on any atom is 0.258 e. The summed E-state index contributed by atoms with van der Waals surface area (Å²) < 4.78 is 0. The number of pyridine rings is 1. The maximum absolute atomic E-state index is 13.4. The number of nitrogens with zero attached hydrogens (tertiary/aromatic N) is 2. The minimum Gasteiger partial charge on any atom is -0.298 e. The highest BCUT2D eigenvalue weighted by molar-refractivity contribution is 7.14. The third-order valence-electron chi connectivity index (χ3n) is 6.22. The lowest BCUT2D eigenvalue weighted by molar-refractivity contribution is 0.102. The van der Waals surface area contributed by atoms with E-state index in [0.29, 0.717) is 16.6 Å². The lowest BCUT2D eigenvalue weighted by atomic mass is 10.0. The SMILES string of the molecule is CCc1ccc(-c2cc(C(=O)Nc3nc(-c4ccc(C(C)C)cc4)cs3)c3ccccc3n2)cc1. The number of amides is 1. The molecule has 5 heteroatoms. The van der Waals surface area contributed by atoms with E-state index in [4.69, 9.17) is 4.98 Å². The van der Waals surface area contributed by atoms with Gasteiger partial charge in [-0.3, -0.25) is 10.1 Å². The lowest BCUT2D eigenvalue weighted by Crippen LogP contribution is -2.13. The Bertz CT molecular complexity index is 1480. The number of rotatable bonds is 6. The normalized spacial score (nSPS) is 11.2. The minimum atomic E-state index is -0.189. The molecule has 1 amide bonds. The fourth-order valence-electron chi connectivity index (χ4n) is 4.09. The number of fused-ring (bicyclic) bond motifs is 1. The first-order valence-corrected chi connectivity index (χ1v) is 12.8. The molecule has 5 aromatic rings. The van der Waals surface area contributed by atoms with Crippen molar-refractivity contribution in [2.75, 3.05) is 5.32 Å². The Morgan fingerprint density at radius 3 is 2.29 bits per heavy atom. The van der Waals surface area contributed by atoms with Gasteiger partial charge in [0, 0.05) is 21.9 Å². The van der Waals surface area contributed by atoms with Gasteiger partial charge >= 0.3 is 0 Å². The highest BCUT2D eigenvalue weighted by Crippen LogP contribution is 2.29. The quantitative estimate of drug-likeness (QED) is 0.270. The first-order chi connectivity index (χ1) is 17.0. The molecule has 5 rings (SSSR count). The van der Waals surface area contributed by atoms with Crippen molar-refractivity contribution >= 4 is 33.3 Å².